The molecule has 1 aromatic carbocycles. The largest absolute Gasteiger partial charge is 0.450 e. The second-order valence-electron chi connectivity index (χ2n) is 7.17. The molecular formula is C22H31N3O4. The van der Waals surface area contributed by atoms with Crippen molar-refractivity contribution in [2.75, 3.05) is 26.2 Å². The van der Waals surface area contributed by atoms with Crippen molar-refractivity contribution in [2.45, 2.75) is 45.6 Å². The number of amides is 3. The molecule has 1 aliphatic heterocycles. The fourth-order valence-corrected chi connectivity index (χ4v) is 3.19. The molecule has 0 bridgehead atoms. The van der Waals surface area contributed by atoms with Crippen molar-refractivity contribution >= 4 is 24.0 Å². The predicted molar refractivity (Wildman–Crippen MR) is 112 cm³/mol. The number of hydrogen-bond donors (Lipinski definition) is 2. The van der Waals surface area contributed by atoms with Crippen LogP contribution in [-0.4, -0.2) is 55.1 Å². The number of ether oxygens (including phenoxy) is 1. The van der Waals surface area contributed by atoms with E-state index in [0.29, 0.717) is 39.1 Å². The van der Waals surface area contributed by atoms with Crippen LogP contribution in [-0.2, 0) is 14.3 Å². The normalized spacial score (nSPS) is 14.6. The molecule has 2 N–H and O–H groups in total. The zero-order chi connectivity index (χ0) is 21.1. The Kier molecular flexibility index (Phi) is 9.21. The van der Waals surface area contributed by atoms with Gasteiger partial charge in [-0.05, 0) is 44.7 Å². The van der Waals surface area contributed by atoms with E-state index in [-0.39, 0.29) is 23.9 Å². The molecule has 7 nitrogen and oxygen atoms in total. The van der Waals surface area contributed by atoms with Crippen LogP contribution >= 0.6 is 0 Å². The van der Waals surface area contributed by atoms with Crippen molar-refractivity contribution < 1.29 is 19.1 Å². The Morgan fingerprint density at radius 1 is 1.24 bits per heavy atom. The average Bonchev–Trinajstić information content (AvgIpc) is 2.70. The minimum absolute atomic E-state index is 0.0239. The van der Waals surface area contributed by atoms with Gasteiger partial charge >= 0.3 is 6.09 Å². The van der Waals surface area contributed by atoms with Gasteiger partial charge in [-0.1, -0.05) is 29.8 Å². The predicted octanol–water partition coefficient (Wildman–Crippen LogP) is 2.64. The monoisotopic (exact) mass is 401 g/mol. The van der Waals surface area contributed by atoms with Gasteiger partial charge in [0.05, 0.1) is 6.61 Å². The molecule has 1 fully saturated rings. The first-order chi connectivity index (χ1) is 14.0. The highest BCUT2D eigenvalue weighted by Crippen LogP contribution is 2.12. The van der Waals surface area contributed by atoms with Gasteiger partial charge in [0.25, 0.3) is 0 Å². The third-order valence-electron chi connectivity index (χ3n) is 4.74. The summed E-state index contributed by atoms with van der Waals surface area (Å²) in [5.74, 6) is -0.192. The molecule has 158 valence electrons. The molecule has 0 aliphatic carbocycles. The second kappa shape index (κ2) is 11.9. The number of carbonyl (C=O) groups is 3. The van der Waals surface area contributed by atoms with Gasteiger partial charge in [-0.2, -0.15) is 0 Å². The molecule has 2 rings (SSSR count). The SMILES string of the molecule is CCOC(=O)N1CCC(NC(=O)CCCNC(=O)/C=C/c2cccc(C)c2)CC1. The van der Waals surface area contributed by atoms with Crippen molar-refractivity contribution in [3.05, 3.63) is 41.5 Å². The standard InChI is InChI=1S/C22H31N3O4/c1-3-29-22(28)25-14-11-19(12-15-25)24-21(27)8-5-13-23-20(26)10-9-18-7-4-6-17(2)16-18/h4,6-7,9-10,16,19H,3,5,8,11-15H2,1-2H3,(H,23,26)(H,24,27)/b10-9+. The summed E-state index contributed by atoms with van der Waals surface area (Å²) in [4.78, 5) is 37.3. The summed E-state index contributed by atoms with van der Waals surface area (Å²) in [6, 6.07) is 7.99. The number of nitrogens with zero attached hydrogens (tertiary/aromatic N) is 1. The Morgan fingerprint density at radius 3 is 2.69 bits per heavy atom. The first-order valence-corrected chi connectivity index (χ1v) is 10.2. The number of hydrogen-bond acceptors (Lipinski definition) is 4. The van der Waals surface area contributed by atoms with Gasteiger partial charge in [-0.25, -0.2) is 4.79 Å². The van der Waals surface area contributed by atoms with Crippen LogP contribution in [0.2, 0.25) is 0 Å². The van der Waals surface area contributed by atoms with E-state index >= 15 is 0 Å². The fourth-order valence-electron chi connectivity index (χ4n) is 3.19. The van der Waals surface area contributed by atoms with Gasteiger partial charge in [0.15, 0.2) is 0 Å². The van der Waals surface area contributed by atoms with Crippen LogP contribution in [0.5, 0.6) is 0 Å². The summed E-state index contributed by atoms with van der Waals surface area (Å²) in [5.41, 5.74) is 2.12. The van der Waals surface area contributed by atoms with E-state index in [4.69, 9.17) is 4.74 Å². The third-order valence-corrected chi connectivity index (χ3v) is 4.74. The van der Waals surface area contributed by atoms with E-state index in [9.17, 15) is 14.4 Å². The maximum Gasteiger partial charge on any atom is 0.409 e. The lowest BCUT2D eigenvalue weighted by Gasteiger charge is -2.31. The second-order valence-corrected chi connectivity index (χ2v) is 7.17. The molecule has 29 heavy (non-hydrogen) atoms. The summed E-state index contributed by atoms with van der Waals surface area (Å²) >= 11 is 0. The molecule has 0 unspecified atom stereocenters. The number of piperidine rings is 1. The molecule has 0 aromatic heterocycles. The van der Waals surface area contributed by atoms with Gasteiger partial charge in [0.1, 0.15) is 0 Å². The summed E-state index contributed by atoms with van der Waals surface area (Å²) in [5, 5.41) is 5.80. The molecule has 1 aromatic rings. The third kappa shape index (κ3) is 8.37. The molecule has 0 radical (unpaired) electrons. The Bertz CT molecular complexity index is 725. The molecular weight excluding hydrogens is 370 g/mol. The van der Waals surface area contributed by atoms with E-state index < -0.39 is 0 Å². The maximum atomic E-state index is 12.1. The van der Waals surface area contributed by atoms with Crippen LogP contribution in [0.15, 0.2) is 30.3 Å². The lowest BCUT2D eigenvalue weighted by molar-refractivity contribution is -0.122. The van der Waals surface area contributed by atoms with Gasteiger partial charge in [0.2, 0.25) is 11.8 Å². The number of aryl methyl sites for hydroxylation is 1. The quantitative estimate of drug-likeness (QED) is 0.518. The smallest absolute Gasteiger partial charge is 0.409 e. The zero-order valence-electron chi connectivity index (χ0n) is 17.3. The van der Waals surface area contributed by atoms with Crippen LogP contribution in [0, 0.1) is 6.92 Å². The van der Waals surface area contributed by atoms with Crippen molar-refractivity contribution in [3.63, 3.8) is 0 Å². The summed E-state index contributed by atoms with van der Waals surface area (Å²) < 4.78 is 4.99. The van der Waals surface area contributed by atoms with Crippen LogP contribution in [0.4, 0.5) is 4.79 Å². The molecule has 0 atom stereocenters. The lowest BCUT2D eigenvalue weighted by atomic mass is 10.1. The van der Waals surface area contributed by atoms with E-state index in [0.717, 1.165) is 24.0 Å². The maximum absolute atomic E-state index is 12.1. The first-order valence-electron chi connectivity index (χ1n) is 10.2. The van der Waals surface area contributed by atoms with Gasteiger partial charge in [-0.15, -0.1) is 0 Å². The molecule has 0 saturated carbocycles. The summed E-state index contributed by atoms with van der Waals surface area (Å²) in [6.45, 7) is 5.79. The molecule has 7 heteroatoms. The van der Waals surface area contributed by atoms with Gasteiger partial charge in [0, 0.05) is 38.2 Å². The van der Waals surface area contributed by atoms with Crippen molar-refractivity contribution in [3.8, 4) is 0 Å². The summed E-state index contributed by atoms with van der Waals surface area (Å²) in [7, 11) is 0. The lowest BCUT2D eigenvalue weighted by Crippen LogP contribution is -2.46. The zero-order valence-corrected chi connectivity index (χ0v) is 17.3. The molecule has 0 spiro atoms. The Morgan fingerprint density at radius 2 is 2.00 bits per heavy atom. The number of rotatable bonds is 8. The van der Waals surface area contributed by atoms with E-state index in [1.54, 1.807) is 17.9 Å². The highest BCUT2D eigenvalue weighted by molar-refractivity contribution is 5.91. The topological polar surface area (TPSA) is 87.7 Å². The number of carbonyl (C=O) groups excluding carboxylic acids is 3. The minimum atomic E-state index is -0.288. The number of likely N-dealkylation sites (tertiary alicyclic amines) is 1. The van der Waals surface area contributed by atoms with Gasteiger partial charge in [-0.3, -0.25) is 9.59 Å². The van der Waals surface area contributed by atoms with Gasteiger partial charge < -0.3 is 20.3 Å². The van der Waals surface area contributed by atoms with Crippen molar-refractivity contribution in [1.82, 2.24) is 15.5 Å². The molecule has 3 amide bonds. The van der Waals surface area contributed by atoms with E-state index in [1.165, 1.54) is 6.08 Å². The Labute approximate surface area is 172 Å². The van der Waals surface area contributed by atoms with Crippen LogP contribution in [0.3, 0.4) is 0 Å². The molecule has 1 saturated heterocycles. The highest BCUT2D eigenvalue weighted by atomic mass is 16.6. The van der Waals surface area contributed by atoms with E-state index in [2.05, 4.69) is 10.6 Å². The van der Waals surface area contributed by atoms with Crippen LogP contribution in [0.1, 0.15) is 43.7 Å². The minimum Gasteiger partial charge on any atom is -0.450 e. The Balaban J connectivity index is 1.58. The fraction of sp³-hybridized carbons (Fsp3) is 0.500. The highest BCUT2D eigenvalue weighted by Gasteiger charge is 2.24. The summed E-state index contributed by atoms with van der Waals surface area (Å²) in [6.07, 6.45) is 5.39. The van der Waals surface area contributed by atoms with Crippen molar-refractivity contribution in [1.29, 1.82) is 0 Å². The Hall–Kier alpha value is -2.83. The first kappa shape index (κ1) is 22.5. The average molecular weight is 402 g/mol. The number of nitrogens with one attached hydrogen (secondary N) is 2. The molecule has 1 heterocycles. The van der Waals surface area contributed by atoms with Crippen molar-refractivity contribution in [2.24, 2.45) is 0 Å². The van der Waals surface area contributed by atoms with E-state index in [1.807, 2.05) is 31.2 Å². The number of benzene rings is 1. The van der Waals surface area contributed by atoms with Crippen LogP contribution in [0.25, 0.3) is 6.08 Å². The molecule has 1 aliphatic rings. The van der Waals surface area contributed by atoms with Crippen LogP contribution < -0.4 is 10.6 Å².